The van der Waals surface area contributed by atoms with Crippen molar-refractivity contribution in [3.8, 4) is 0 Å². The zero-order valence-corrected chi connectivity index (χ0v) is 10.8. The number of allylic oxidation sites excluding steroid dienone is 1. The highest BCUT2D eigenvalue weighted by atomic mass is 32.2. The maximum absolute atomic E-state index is 11.1. The summed E-state index contributed by atoms with van der Waals surface area (Å²) in [5, 5.41) is 3.40. The smallest absolute Gasteiger partial charge is 0.171 e. The zero-order valence-electron chi connectivity index (χ0n) is 9.21. The van der Waals surface area contributed by atoms with E-state index in [2.05, 4.69) is 11.6 Å². The van der Waals surface area contributed by atoms with Gasteiger partial charge in [-0.15, -0.1) is 11.8 Å². The summed E-state index contributed by atoms with van der Waals surface area (Å²) in [5.41, 5.74) is 0. The van der Waals surface area contributed by atoms with Crippen LogP contribution in [0.15, 0.2) is 28.5 Å². The first-order valence-corrected chi connectivity index (χ1v) is 7.99. The lowest BCUT2D eigenvalue weighted by Gasteiger charge is -2.11. The van der Waals surface area contributed by atoms with Crippen LogP contribution >= 0.6 is 11.8 Å². The lowest BCUT2D eigenvalue weighted by molar-refractivity contribution is 0.595. The molecule has 0 saturated heterocycles. The lowest BCUT2D eigenvalue weighted by atomic mass is 10.2. The molecule has 5 heteroatoms. The standard InChI is InChI=1S/C11H17NO2S2/c1-2-16(13,14)10-5-3-4-7-11-12-8-6-9-15-11/h2,6,8-9,11H,1,3-5,7,10H2. The Kier molecular flexibility index (Phi) is 5.84. The molecule has 0 spiro atoms. The molecule has 0 aromatic carbocycles. The number of sulfone groups is 1. The van der Waals surface area contributed by atoms with Crippen molar-refractivity contribution in [2.75, 3.05) is 5.75 Å². The third kappa shape index (κ3) is 5.51. The molecule has 1 aliphatic rings. The van der Waals surface area contributed by atoms with Gasteiger partial charge in [0.05, 0.1) is 11.1 Å². The number of hydrogen-bond acceptors (Lipinski definition) is 4. The van der Waals surface area contributed by atoms with Crippen molar-refractivity contribution in [3.63, 3.8) is 0 Å². The molecule has 1 unspecified atom stereocenters. The third-order valence-corrected chi connectivity index (χ3v) is 4.64. The van der Waals surface area contributed by atoms with Crippen molar-refractivity contribution in [3.05, 3.63) is 23.5 Å². The molecule has 0 saturated carbocycles. The van der Waals surface area contributed by atoms with E-state index < -0.39 is 9.84 Å². The largest absolute Gasteiger partial charge is 0.279 e. The summed E-state index contributed by atoms with van der Waals surface area (Å²) >= 11 is 1.72. The second-order valence-electron chi connectivity index (χ2n) is 3.60. The van der Waals surface area contributed by atoms with Crippen LogP contribution in [-0.2, 0) is 9.84 Å². The molecule has 3 nitrogen and oxygen atoms in total. The van der Waals surface area contributed by atoms with E-state index in [0.29, 0.717) is 11.8 Å². The molecule has 0 amide bonds. The van der Waals surface area contributed by atoms with Gasteiger partial charge in [0.1, 0.15) is 0 Å². The van der Waals surface area contributed by atoms with E-state index in [1.165, 1.54) is 0 Å². The summed E-state index contributed by atoms with van der Waals surface area (Å²) in [5.74, 6) is 0.220. The topological polar surface area (TPSA) is 46.5 Å². The first kappa shape index (κ1) is 13.5. The van der Waals surface area contributed by atoms with Gasteiger partial charge in [-0.3, -0.25) is 4.99 Å². The van der Waals surface area contributed by atoms with Gasteiger partial charge >= 0.3 is 0 Å². The number of rotatable bonds is 7. The minimum absolute atomic E-state index is 0.220. The van der Waals surface area contributed by atoms with E-state index in [0.717, 1.165) is 24.7 Å². The first-order valence-electron chi connectivity index (χ1n) is 5.33. The maximum Gasteiger partial charge on any atom is 0.171 e. The van der Waals surface area contributed by atoms with Crippen LogP contribution in [0.5, 0.6) is 0 Å². The molecule has 0 fully saturated rings. The fourth-order valence-electron chi connectivity index (χ4n) is 1.38. The van der Waals surface area contributed by atoms with Crippen LogP contribution in [0.3, 0.4) is 0 Å². The van der Waals surface area contributed by atoms with E-state index >= 15 is 0 Å². The Morgan fingerprint density at radius 1 is 1.38 bits per heavy atom. The second kappa shape index (κ2) is 6.91. The van der Waals surface area contributed by atoms with Crippen molar-refractivity contribution in [2.24, 2.45) is 4.99 Å². The van der Waals surface area contributed by atoms with Gasteiger partial charge in [0.2, 0.25) is 0 Å². The molecule has 0 aromatic rings. The molecule has 16 heavy (non-hydrogen) atoms. The van der Waals surface area contributed by atoms with Crippen molar-refractivity contribution in [2.45, 2.75) is 31.1 Å². The molecular weight excluding hydrogens is 242 g/mol. The Bertz CT molecular complexity index is 371. The summed E-state index contributed by atoms with van der Waals surface area (Å²) in [7, 11) is -3.01. The molecule has 0 bridgehead atoms. The quantitative estimate of drug-likeness (QED) is 0.660. The van der Waals surface area contributed by atoms with Crippen LogP contribution in [-0.4, -0.2) is 25.8 Å². The predicted octanol–water partition coefficient (Wildman–Crippen LogP) is 2.76. The number of aliphatic imine (C=N–C) groups is 1. The first-order chi connectivity index (χ1) is 7.64. The van der Waals surface area contributed by atoms with E-state index in [1.807, 2.05) is 17.7 Å². The second-order valence-corrected chi connectivity index (χ2v) is 6.76. The molecule has 0 aromatic heterocycles. The Morgan fingerprint density at radius 2 is 2.19 bits per heavy atom. The highest BCUT2D eigenvalue weighted by Crippen LogP contribution is 2.22. The van der Waals surface area contributed by atoms with Crippen LogP contribution in [0, 0.1) is 0 Å². The summed E-state index contributed by atoms with van der Waals surface area (Å²) in [6.45, 7) is 3.29. The summed E-state index contributed by atoms with van der Waals surface area (Å²) in [6.07, 6.45) is 7.44. The molecule has 1 heterocycles. The molecule has 0 radical (unpaired) electrons. The molecule has 0 aliphatic carbocycles. The van der Waals surface area contributed by atoms with Gasteiger partial charge in [0.15, 0.2) is 9.84 Å². The molecule has 1 aliphatic heterocycles. The van der Waals surface area contributed by atoms with Gasteiger partial charge in [-0.2, -0.15) is 0 Å². The van der Waals surface area contributed by atoms with Crippen molar-refractivity contribution < 1.29 is 8.42 Å². The van der Waals surface area contributed by atoms with Crippen LogP contribution in [0.25, 0.3) is 0 Å². The molecule has 1 atom stereocenters. The predicted molar refractivity (Wildman–Crippen MR) is 71.5 cm³/mol. The lowest BCUT2D eigenvalue weighted by Crippen LogP contribution is -2.03. The number of nitrogens with zero attached hydrogens (tertiary/aromatic N) is 1. The number of hydrogen-bond donors (Lipinski definition) is 0. The Labute approximate surface area is 102 Å². The Morgan fingerprint density at radius 3 is 2.81 bits per heavy atom. The van der Waals surface area contributed by atoms with Crippen LogP contribution in [0.1, 0.15) is 25.7 Å². The van der Waals surface area contributed by atoms with E-state index in [9.17, 15) is 8.42 Å². The van der Waals surface area contributed by atoms with Gasteiger partial charge < -0.3 is 0 Å². The fraction of sp³-hybridized carbons (Fsp3) is 0.545. The summed E-state index contributed by atoms with van der Waals surface area (Å²) < 4.78 is 22.2. The Hall–Kier alpha value is -0.550. The van der Waals surface area contributed by atoms with Gasteiger partial charge in [-0.25, -0.2) is 8.42 Å². The highest BCUT2D eigenvalue weighted by Gasteiger charge is 2.07. The molecule has 1 rings (SSSR count). The summed E-state index contributed by atoms with van der Waals surface area (Å²) in [4.78, 5) is 4.31. The number of thioether (sulfide) groups is 1. The zero-order chi connectivity index (χ0) is 11.9. The average molecular weight is 259 g/mol. The SMILES string of the molecule is C=CS(=O)(=O)CCCCCC1N=CC=CS1. The van der Waals surface area contributed by atoms with Crippen LogP contribution in [0.4, 0.5) is 0 Å². The number of unbranched alkanes of at least 4 members (excludes halogenated alkanes) is 2. The highest BCUT2D eigenvalue weighted by molar-refractivity contribution is 8.02. The van der Waals surface area contributed by atoms with Crippen LogP contribution < -0.4 is 0 Å². The van der Waals surface area contributed by atoms with Gasteiger partial charge in [-0.1, -0.05) is 19.4 Å². The molecule has 90 valence electrons. The normalized spacial score (nSPS) is 19.9. The van der Waals surface area contributed by atoms with E-state index in [-0.39, 0.29) is 5.75 Å². The average Bonchev–Trinajstić information content (AvgIpc) is 2.30. The fourth-order valence-corrected chi connectivity index (χ4v) is 2.94. The van der Waals surface area contributed by atoms with Crippen molar-refractivity contribution in [1.82, 2.24) is 0 Å². The molecular formula is C11H17NO2S2. The minimum atomic E-state index is -3.01. The monoisotopic (exact) mass is 259 g/mol. The van der Waals surface area contributed by atoms with Gasteiger partial charge in [-0.05, 0) is 24.3 Å². The van der Waals surface area contributed by atoms with Gasteiger partial charge in [0.25, 0.3) is 0 Å². The van der Waals surface area contributed by atoms with E-state index in [4.69, 9.17) is 0 Å². The van der Waals surface area contributed by atoms with Crippen molar-refractivity contribution in [1.29, 1.82) is 0 Å². The van der Waals surface area contributed by atoms with Crippen molar-refractivity contribution >= 4 is 27.8 Å². The summed E-state index contributed by atoms with van der Waals surface area (Å²) in [6, 6.07) is 0. The maximum atomic E-state index is 11.1. The minimum Gasteiger partial charge on any atom is -0.279 e. The van der Waals surface area contributed by atoms with E-state index in [1.54, 1.807) is 11.8 Å². The Balaban J connectivity index is 2.06. The third-order valence-electron chi connectivity index (χ3n) is 2.29. The van der Waals surface area contributed by atoms with Crippen LogP contribution in [0.2, 0.25) is 0 Å². The molecule has 0 N–H and O–H groups in total. The van der Waals surface area contributed by atoms with Gasteiger partial charge in [0, 0.05) is 11.6 Å².